The third kappa shape index (κ3) is 3.31. The van der Waals surface area contributed by atoms with Gasteiger partial charge in [-0.3, -0.25) is 0 Å². The van der Waals surface area contributed by atoms with Crippen LogP contribution in [-0.4, -0.2) is 6.54 Å². The number of alkyl halides is 1. The minimum atomic E-state index is -0.927. The number of rotatable bonds is 3. The van der Waals surface area contributed by atoms with Gasteiger partial charge in [0.2, 0.25) is 0 Å². The van der Waals surface area contributed by atoms with Gasteiger partial charge in [-0.25, -0.2) is 4.39 Å². The van der Waals surface area contributed by atoms with Gasteiger partial charge in [0.25, 0.3) is 0 Å². The van der Waals surface area contributed by atoms with Crippen molar-refractivity contribution in [2.45, 2.75) is 38.8 Å². The molecule has 15 heavy (non-hydrogen) atoms. The summed E-state index contributed by atoms with van der Waals surface area (Å²) >= 11 is 0. The number of halogens is 1. The quantitative estimate of drug-likeness (QED) is 0.811. The Labute approximate surface area is 91.5 Å². The van der Waals surface area contributed by atoms with Crippen molar-refractivity contribution in [2.24, 2.45) is 5.73 Å². The van der Waals surface area contributed by atoms with Crippen molar-refractivity contribution in [3.63, 3.8) is 0 Å². The van der Waals surface area contributed by atoms with E-state index in [1.54, 1.807) is 0 Å². The molecule has 0 radical (unpaired) electrons. The Kier molecular flexibility index (Phi) is 3.86. The SMILES string of the molecule is CC(C)(C)c1ccc(C(F)CCN)cc1. The van der Waals surface area contributed by atoms with E-state index in [0.29, 0.717) is 13.0 Å². The highest BCUT2D eigenvalue weighted by atomic mass is 19.1. The van der Waals surface area contributed by atoms with Crippen LogP contribution in [0.25, 0.3) is 0 Å². The number of hydrogen-bond donors (Lipinski definition) is 1. The molecule has 0 aliphatic heterocycles. The second kappa shape index (κ2) is 4.75. The Morgan fingerprint density at radius 2 is 1.73 bits per heavy atom. The minimum Gasteiger partial charge on any atom is -0.330 e. The molecule has 0 heterocycles. The Morgan fingerprint density at radius 1 is 1.20 bits per heavy atom. The third-order valence-corrected chi connectivity index (χ3v) is 2.56. The number of benzene rings is 1. The summed E-state index contributed by atoms with van der Waals surface area (Å²) in [4.78, 5) is 0. The standard InChI is InChI=1S/C13H20FN/c1-13(2,3)11-6-4-10(5-7-11)12(14)8-9-15/h4-7,12H,8-9,15H2,1-3H3. The van der Waals surface area contributed by atoms with Crippen LogP contribution in [0.4, 0.5) is 4.39 Å². The largest absolute Gasteiger partial charge is 0.330 e. The zero-order valence-corrected chi connectivity index (χ0v) is 9.76. The first-order chi connectivity index (χ1) is 6.95. The molecule has 0 spiro atoms. The molecule has 84 valence electrons. The van der Waals surface area contributed by atoms with Gasteiger partial charge >= 0.3 is 0 Å². The fourth-order valence-electron chi connectivity index (χ4n) is 1.50. The highest BCUT2D eigenvalue weighted by molar-refractivity contribution is 5.28. The summed E-state index contributed by atoms with van der Waals surface area (Å²) < 4.78 is 13.5. The molecule has 1 atom stereocenters. The van der Waals surface area contributed by atoms with Crippen molar-refractivity contribution in [1.82, 2.24) is 0 Å². The molecule has 2 heteroatoms. The third-order valence-electron chi connectivity index (χ3n) is 2.56. The van der Waals surface area contributed by atoms with E-state index in [9.17, 15) is 4.39 Å². The molecule has 1 aromatic carbocycles. The van der Waals surface area contributed by atoms with Crippen molar-refractivity contribution >= 4 is 0 Å². The Bertz CT molecular complexity index is 297. The predicted molar refractivity (Wildman–Crippen MR) is 62.7 cm³/mol. The molecule has 0 aliphatic carbocycles. The van der Waals surface area contributed by atoms with E-state index < -0.39 is 6.17 Å². The van der Waals surface area contributed by atoms with E-state index in [1.165, 1.54) is 5.56 Å². The first kappa shape index (κ1) is 12.2. The zero-order chi connectivity index (χ0) is 11.5. The lowest BCUT2D eigenvalue weighted by Gasteiger charge is -2.19. The monoisotopic (exact) mass is 209 g/mol. The molecule has 0 bridgehead atoms. The average Bonchev–Trinajstić information content (AvgIpc) is 2.17. The van der Waals surface area contributed by atoms with E-state index in [-0.39, 0.29) is 5.41 Å². The molecule has 1 unspecified atom stereocenters. The van der Waals surface area contributed by atoms with Crippen LogP contribution in [0.1, 0.15) is 44.5 Å². The topological polar surface area (TPSA) is 26.0 Å². The second-order valence-corrected chi connectivity index (χ2v) is 4.92. The van der Waals surface area contributed by atoms with Crippen molar-refractivity contribution in [2.75, 3.05) is 6.54 Å². The molecular weight excluding hydrogens is 189 g/mol. The lowest BCUT2D eigenvalue weighted by atomic mass is 9.86. The van der Waals surface area contributed by atoms with Gasteiger partial charge in [-0.2, -0.15) is 0 Å². The Morgan fingerprint density at radius 3 is 2.13 bits per heavy atom. The van der Waals surface area contributed by atoms with Crippen LogP contribution in [0, 0.1) is 0 Å². The van der Waals surface area contributed by atoms with Crippen molar-refractivity contribution < 1.29 is 4.39 Å². The summed E-state index contributed by atoms with van der Waals surface area (Å²) in [6.07, 6.45) is -0.529. The van der Waals surface area contributed by atoms with Gasteiger partial charge in [-0.1, -0.05) is 45.0 Å². The fourth-order valence-corrected chi connectivity index (χ4v) is 1.50. The highest BCUT2D eigenvalue weighted by Crippen LogP contribution is 2.26. The maximum absolute atomic E-state index is 13.5. The molecule has 0 amide bonds. The summed E-state index contributed by atoms with van der Waals surface area (Å²) in [6, 6.07) is 7.72. The predicted octanol–water partition coefficient (Wildman–Crippen LogP) is 3.34. The second-order valence-electron chi connectivity index (χ2n) is 4.92. The molecule has 1 nitrogen and oxygen atoms in total. The van der Waals surface area contributed by atoms with Crippen molar-refractivity contribution in [3.8, 4) is 0 Å². The first-order valence-corrected chi connectivity index (χ1v) is 5.39. The van der Waals surface area contributed by atoms with Gasteiger partial charge in [0.05, 0.1) is 0 Å². The summed E-state index contributed by atoms with van der Waals surface area (Å²) in [5.74, 6) is 0. The Balaban J connectivity index is 2.81. The zero-order valence-electron chi connectivity index (χ0n) is 9.76. The molecule has 0 aliphatic rings. The van der Waals surface area contributed by atoms with E-state index >= 15 is 0 Å². The van der Waals surface area contributed by atoms with Crippen LogP contribution in [0.2, 0.25) is 0 Å². The number of nitrogens with two attached hydrogens (primary N) is 1. The Hall–Kier alpha value is -0.890. The van der Waals surface area contributed by atoms with Crippen molar-refractivity contribution in [3.05, 3.63) is 35.4 Å². The van der Waals surface area contributed by atoms with Gasteiger partial charge in [0, 0.05) is 0 Å². The molecule has 1 rings (SSSR count). The number of hydrogen-bond acceptors (Lipinski definition) is 1. The van der Waals surface area contributed by atoms with Gasteiger partial charge in [0.15, 0.2) is 0 Å². The summed E-state index contributed by atoms with van der Waals surface area (Å²) in [5, 5.41) is 0. The molecule has 0 saturated heterocycles. The maximum Gasteiger partial charge on any atom is 0.126 e. The lowest BCUT2D eigenvalue weighted by Crippen LogP contribution is -2.11. The minimum absolute atomic E-state index is 0.123. The first-order valence-electron chi connectivity index (χ1n) is 5.39. The molecule has 0 aromatic heterocycles. The van der Waals surface area contributed by atoms with E-state index in [1.807, 2.05) is 24.3 Å². The lowest BCUT2D eigenvalue weighted by molar-refractivity contribution is 0.327. The van der Waals surface area contributed by atoms with Gasteiger partial charge in [-0.15, -0.1) is 0 Å². The van der Waals surface area contributed by atoms with E-state index in [4.69, 9.17) is 5.73 Å². The summed E-state index contributed by atoms with van der Waals surface area (Å²) in [5.41, 5.74) is 7.41. The smallest absolute Gasteiger partial charge is 0.126 e. The molecule has 2 N–H and O–H groups in total. The van der Waals surface area contributed by atoms with Gasteiger partial charge in [0.1, 0.15) is 6.17 Å². The van der Waals surface area contributed by atoms with Crippen LogP contribution in [0.5, 0.6) is 0 Å². The molecule has 0 fully saturated rings. The maximum atomic E-state index is 13.5. The van der Waals surface area contributed by atoms with Crippen molar-refractivity contribution in [1.29, 1.82) is 0 Å². The van der Waals surface area contributed by atoms with E-state index in [2.05, 4.69) is 20.8 Å². The van der Waals surface area contributed by atoms with Crippen LogP contribution < -0.4 is 5.73 Å². The van der Waals surface area contributed by atoms with Crippen LogP contribution in [-0.2, 0) is 5.41 Å². The van der Waals surface area contributed by atoms with Gasteiger partial charge in [-0.05, 0) is 29.5 Å². The normalized spacial score (nSPS) is 13.9. The molecule has 1 aromatic rings. The molecule has 0 saturated carbocycles. The van der Waals surface area contributed by atoms with Crippen LogP contribution in [0.3, 0.4) is 0 Å². The average molecular weight is 209 g/mol. The van der Waals surface area contributed by atoms with Gasteiger partial charge < -0.3 is 5.73 Å². The summed E-state index contributed by atoms with van der Waals surface area (Å²) in [7, 11) is 0. The fraction of sp³-hybridized carbons (Fsp3) is 0.538. The van der Waals surface area contributed by atoms with E-state index in [0.717, 1.165) is 5.56 Å². The van der Waals surface area contributed by atoms with Crippen LogP contribution in [0.15, 0.2) is 24.3 Å². The summed E-state index contributed by atoms with van der Waals surface area (Å²) in [6.45, 7) is 6.83. The molecular formula is C13H20FN. The highest BCUT2D eigenvalue weighted by Gasteiger charge is 2.14. The van der Waals surface area contributed by atoms with Crippen LogP contribution >= 0.6 is 0 Å².